The number of nitrogen functional groups attached to an aromatic ring is 1. The maximum atomic E-state index is 14.8. The molecule has 2 aliphatic heterocycles. The van der Waals surface area contributed by atoms with Gasteiger partial charge in [-0.3, -0.25) is 24.5 Å². The van der Waals surface area contributed by atoms with Crippen LogP contribution in [-0.4, -0.2) is 134 Å². The molecule has 0 aliphatic carbocycles. The Balaban J connectivity index is 1.24. The number of anilines is 3. The first kappa shape index (κ1) is 71.4. The third kappa shape index (κ3) is 19.6. The minimum absolute atomic E-state index is 0.0270. The van der Waals surface area contributed by atoms with E-state index < -0.39 is 52.7 Å². The number of carbonyl (C=O) groups excluding carboxylic acids is 6. The summed E-state index contributed by atoms with van der Waals surface area (Å²) in [5, 5.41) is 10.7. The molecule has 21 nitrogen and oxygen atoms in total. The van der Waals surface area contributed by atoms with Crippen LogP contribution in [0.25, 0.3) is 0 Å². The second kappa shape index (κ2) is 31.2. The molecule has 0 unspecified atom stereocenters. The number of alkyl carbamates (subject to hydrolysis) is 1. The van der Waals surface area contributed by atoms with Crippen molar-refractivity contribution in [3.05, 3.63) is 101 Å². The van der Waals surface area contributed by atoms with Gasteiger partial charge >= 0.3 is 12.2 Å². The summed E-state index contributed by atoms with van der Waals surface area (Å²) < 4.78 is 47.8. The van der Waals surface area contributed by atoms with Crippen LogP contribution in [0, 0.1) is 5.92 Å². The summed E-state index contributed by atoms with van der Waals surface area (Å²) in [6, 6.07) is 10.6. The van der Waals surface area contributed by atoms with E-state index in [9.17, 15) is 28.8 Å². The van der Waals surface area contributed by atoms with Crippen molar-refractivity contribution in [3.63, 3.8) is 0 Å². The van der Waals surface area contributed by atoms with E-state index in [0.717, 1.165) is 11.1 Å². The van der Waals surface area contributed by atoms with E-state index in [0.29, 0.717) is 80.2 Å². The molecule has 4 atom stereocenters. The van der Waals surface area contributed by atoms with Gasteiger partial charge in [-0.15, -0.1) is 0 Å². The molecule has 5 rings (SSSR count). The first-order chi connectivity index (χ1) is 41.2. The van der Waals surface area contributed by atoms with E-state index >= 15 is 0 Å². The zero-order valence-corrected chi connectivity index (χ0v) is 56.9. The quantitative estimate of drug-likeness (QED) is 0.0187. The van der Waals surface area contributed by atoms with Crippen molar-refractivity contribution in [1.29, 1.82) is 0 Å². The Morgan fingerprint density at radius 2 is 1.16 bits per heavy atom. The molecule has 0 spiro atoms. The van der Waals surface area contributed by atoms with Gasteiger partial charge in [0.25, 0.3) is 11.8 Å². The van der Waals surface area contributed by atoms with Gasteiger partial charge in [-0.2, -0.15) is 0 Å². The fourth-order valence-electron chi connectivity index (χ4n) is 9.11. The zero-order valence-electron chi connectivity index (χ0n) is 54.9. The molecule has 3 aromatic rings. The molecule has 88 heavy (non-hydrogen) atoms. The Hall–Kier alpha value is -7.35. The van der Waals surface area contributed by atoms with Gasteiger partial charge in [-0.05, 0) is 125 Å². The summed E-state index contributed by atoms with van der Waals surface area (Å²) in [5.74, 6) is -0.637. The molecule has 0 fully saturated rings. The lowest BCUT2D eigenvalue weighted by Gasteiger charge is -2.38. The lowest BCUT2D eigenvalue weighted by Crippen LogP contribution is -2.53. The van der Waals surface area contributed by atoms with Gasteiger partial charge in [0.1, 0.15) is 25.3 Å². The number of benzene rings is 3. The summed E-state index contributed by atoms with van der Waals surface area (Å²) in [4.78, 5) is 84.3. The normalized spacial score (nSPS) is 16.0. The minimum atomic E-state index is -2.18. The maximum absolute atomic E-state index is 14.8. The highest BCUT2D eigenvalue weighted by Gasteiger charge is 2.41. The van der Waals surface area contributed by atoms with Gasteiger partial charge in [0.2, 0.25) is 11.8 Å². The second-order valence-corrected chi connectivity index (χ2v) is 35.6. The Kier molecular flexibility index (Phi) is 25.3. The molecular formula is C65H97N7O14Si2. The molecule has 484 valence electrons. The number of amides is 6. The lowest BCUT2D eigenvalue weighted by molar-refractivity contribution is -0.128. The number of hydrogen-bond acceptors (Lipinski definition) is 15. The second-order valence-electron chi connectivity index (χ2n) is 26.0. The molecule has 0 radical (unpaired) electrons. The van der Waals surface area contributed by atoms with E-state index in [-0.39, 0.29) is 88.2 Å². The summed E-state index contributed by atoms with van der Waals surface area (Å²) >= 11 is 0. The van der Waals surface area contributed by atoms with Crippen LogP contribution in [0.2, 0.25) is 36.3 Å². The fourth-order valence-corrected chi connectivity index (χ4v) is 11.2. The number of rotatable bonds is 29. The number of nitrogens with two attached hydrogens (primary N) is 1. The van der Waals surface area contributed by atoms with Crippen LogP contribution in [0.1, 0.15) is 135 Å². The Labute approximate surface area is 523 Å². The fraction of sp³-hybridized carbons (Fsp3) is 0.538. The summed E-state index contributed by atoms with van der Waals surface area (Å²) in [7, 11) is -1.24. The van der Waals surface area contributed by atoms with E-state index in [2.05, 4.69) is 95.6 Å². The lowest BCUT2D eigenvalue weighted by atomic mass is 10.0. The number of methoxy groups -OCH3 is 2. The van der Waals surface area contributed by atoms with Crippen molar-refractivity contribution >= 4 is 69.5 Å². The largest absolute Gasteiger partial charge is 0.493 e. The Bertz CT molecular complexity index is 3020. The number of hydrogen-bond donors (Lipinski definition) is 5. The molecule has 6 amide bonds. The molecule has 0 bridgehead atoms. The molecule has 0 aromatic heterocycles. The molecule has 3 aromatic carbocycles. The SMILES string of the molecule is C=CCOC(=O)N[C@H](C(=O)N[C@@H](C)C(=O)Nc1ccc(COC(=O)Nc2cc(OCCCCCOc3cc(N)c(C(=O)N4C=C(C)C[C@H]4CO[Si](C)(C)C(C)(C)C)cc3OC)c(OC)cc2C(=O)N2C=C(C)C[C@H]2CO[Si](C)(C)C(C)(C)C)cc1)C(C)C. The number of nitrogens with one attached hydrogen (secondary N) is 4. The van der Waals surface area contributed by atoms with E-state index in [1.54, 1.807) is 72.2 Å². The first-order valence-corrected chi connectivity index (χ1v) is 35.9. The molecule has 2 aliphatic rings. The molecule has 0 saturated carbocycles. The third-order valence-corrected chi connectivity index (χ3v) is 25.5. The molecule has 6 N–H and O–H groups in total. The van der Waals surface area contributed by atoms with Crippen molar-refractivity contribution in [2.45, 2.75) is 175 Å². The molecular weight excluding hydrogens is 1160 g/mol. The summed E-state index contributed by atoms with van der Waals surface area (Å²) in [5.41, 5.74) is 10.5. The van der Waals surface area contributed by atoms with Crippen LogP contribution in [0.4, 0.5) is 26.7 Å². The zero-order chi connectivity index (χ0) is 65.5. The van der Waals surface area contributed by atoms with Crippen molar-refractivity contribution < 1.29 is 66.0 Å². The van der Waals surface area contributed by atoms with Crippen LogP contribution in [0.5, 0.6) is 23.0 Å². The van der Waals surface area contributed by atoms with Crippen LogP contribution < -0.4 is 45.9 Å². The highest BCUT2D eigenvalue weighted by Crippen LogP contribution is 2.41. The average molecular weight is 1260 g/mol. The van der Waals surface area contributed by atoms with E-state index in [1.807, 2.05) is 26.2 Å². The van der Waals surface area contributed by atoms with Crippen molar-refractivity contribution in [2.75, 3.05) is 63.6 Å². The van der Waals surface area contributed by atoms with E-state index in [1.165, 1.54) is 27.2 Å². The summed E-state index contributed by atoms with van der Waals surface area (Å²) in [6.07, 6.45) is 6.72. The van der Waals surface area contributed by atoms with Crippen molar-refractivity contribution in [1.82, 2.24) is 20.4 Å². The monoisotopic (exact) mass is 1260 g/mol. The van der Waals surface area contributed by atoms with Gasteiger partial charge in [0.15, 0.2) is 39.6 Å². The van der Waals surface area contributed by atoms with Crippen LogP contribution >= 0.6 is 0 Å². The average Bonchev–Trinajstić information content (AvgIpc) is 3.30. The molecule has 23 heteroatoms. The Morgan fingerprint density at radius 3 is 1.65 bits per heavy atom. The topological polar surface area (TPSA) is 257 Å². The number of ether oxygens (including phenoxy) is 6. The van der Waals surface area contributed by atoms with Crippen molar-refractivity contribution in [3.8, 4) is 23.0 Å². The molecule has 0 saturated heterocycles. The van der Waals surface area contributed by atoms with Crippen LogP contribution in [0.15, 0.2) is 84.7 Å². The Morgan fingerprint density at radius 1 is 0.659 bits per heavy atom. The van der Waals surface area contributed by atoms with Gasteiger partial charge in [-0.25, -0.2) is 9.59 Å². The summed E-state index contributed by atoms with van der Waals surface area (Å²) in [6.45, 7) is 35.5. The number of nitrogens with zero attached hydrogens (tertiary/aromatic N) is 2. The first-order valence-electron chi connectivity index (χ1n) is 30.1. The minimum Gasteiger partial charge on any atom is -0.493 e. The van der Waals surface area contributed by atoms with Gasteiger partial charge in [0.05, 0.1) is 69.5 Å². The van der Waals surface area contributed by atoms with E-state index in [4.69, 9.17) is 43.0 Å². The smallest absolute Gasteiger partial charge is 0.411 e. The van der Waals surface area contributed by atoms with Crippen molar-refractivity contribution in [2.24, 2.45) is 5.92 Å². The third-order valence-electron chi connectivity index (χ3n) is 16.5. The number of unbranched alkanes of at least 4 members (excludes halogenated alkanes) is 2. The van der Waals surface area contributed by atoms with Gasteiger partial charge in [0, 0.05) is 35.9 Å². The maximum Gasteiger partial charge on any atom is 0.411 e. The standard InChI is InChI=1S/C65H97N7O14Si2/c1-19-27-83-63(78)70-57(41(2)3)59(74)67-44(6)58(73)68-46-25-23-45(24-26-46)38-84-62(77)69-52-35-56(54(80-14)33-50(52)61(76)72-37-43(5)31-48(72)40-86-88(17,18)65(10,11)12)82-29-22-20-21-28-81-55-34-51(66)49(32-53(55)79-13)60(75)71-36-42(4)30-47(71)39-85-87(15,16)64(7,8)9/h19,23-26,32-37,41,44,47-48,57H,1,20-22,27-31,38-40,66H2,2-18H3,(H,67,74)(H,68,73)(H,69,77)(H,70,78)/t44-,47-,48-,57-/m0/s1. The molecule has 2 heterocycles. The highest BCUT2D eigenvalue weighted by molar-refractivity contribution is 6.74. The van der Waals surface area contributed by atoms with Crippen LogP contribution in [-0.2, 0) is 34.5 Å². The predicted molar refractivity (Wildman–Crippen MR) is 348 cm³/mol. The number of carbonyl (C=O) groups is 6. The van der Waals surface area contributed by atoms with Crippen LogP contribution in [0.3, 0.4) is 0 Å². The highest BCUT2D eigenvalue weighted by atomic mass is 28.4. The van der Waals surface area contributed by atoms with Gasteiger partial charge in [-0.1, -0.05) is 91.3 Å². The predicted octanol–water partition coefficient (Wildman–Crippen LogP) is 12.3. The van der Waals surface area contributed by atoms with Gasteiger partial charge < -0.3 is 68.8 Å².